The molecule has 1 aromatic heterocycles. The van der Waals surface area contributed by atoms with Crippen molar-refractivity contribution in [3.63, 3.8) is 0 Å². The summed E-state index contributed by atoms with van der Waals surface area (Å²) in [6.07, 6.45) is 0.740. The van der Waals surface area contributed by atoms with E-state index < -0.39 is 0 Å². The summed E-state index contributed by atoms with van der Waals surface area (Å²) < 4.78 is 0. The molecule has 0 spiro atoms. The number of aryl methyl sites for hydroxylation is 1. The van der Waals surface area contributed by atoms with Crippen molar-refractivity contribution >= 4 is 23.3 Å². The lowest BCUT2D eigenvalue weighted by atomic mass is 10.1. The maximum Gasteiger partial charge on any atom is 0.270 e. The lowest BCUT2D eigenvalue weighted by molar-refractivity contribution is 0.0949. The van der Waals surface area contributed by atoms with Gasteiger partial charge in [0, 0.05) is 23.7 Å². The van der Waals surface area contributed by atoms with Crippen LogP contribution in [0, 0.1) is 6.92 Å². The molecule has 2 rings (SSSR count). The number of hydrogen-bond acceptors (Lipinski definition) is 4. The van der Waals surface area contributed by atoms with Gasteiger partial charge in [0.1, 0.15) is 17.3 Å². The number of rotatable bonds is 6. The second kappa shape index (κ2) is 7.92. The van der Waals surface area contributed by atoms with Crippen LogP contribution < -0.4 is 10.6 Å². The maximum absolute atomic E-state index is 12.2. The van der Waals surface area contributed by atoms with E-state index in [0.29, 0.717) is 28.9 Å². The van der Waals surface area contributed by atoms with Crippen LogP contribution in [0.25, 0.3) is 0 Å². The minimum absolute atomic E-state index is 0.198. The van der Waals surface area contributed by atoms with Gasteiger partial charge < -0.3 is 10.6 Å². The van der Waals surface area contributed by atoms with E-state index in [4.69, 9.17) is 11.6 Å². The predicted molar refractivity (Wildman–Crippen MR) is 93.0 cm³/mol. The number of benzene rings is 1. The molecule has 5 nitrogen and oxygen atoms in total. The quantitative estimate of drug-likeness (QED) is 0.852. The molecule has 0 atom stereocenters. The van der Waals surface area contributed by atoms with Gasteiger partial charge in [0.2, 0.25) is 0 Å². The van der Waals surface area contributed by atoms with Crippen molar-refractivity contribution in [1.82, 2.24) is 15.3 Å². The average molecular weight is 333 g/mol. The van der Waals surface area contributed by atoms with Crippen LogP contribution in [0.4, 0.5) is 5.82 Å². The lowest BCUT2D eigenvalue weighted by Crippen LogP contribution is -2.27. The molecule has 0 aliphatic heterocycles. The van der Waals surface area contributed by atoms with Crippen molar-refractivity contribution in [3.05, 3.63) is 52.4 Å². The van der Waals surface area contributed by atoms with Gasteiger partial charge in [0.15, 0.2) is 0 Å². The fourth-order valence-electron chi connectivity index (χ4n) is 2.12. The number of halogens is 1. The minimum atomic E-state index is -0.198. The van der Waals surface area contributed by atoms with Gasteiger partial charge in [0.25, 0.3) is 5.91 Å². The van der Waals surface area contributed by atoms with E-state index in [0.717, 1.165) is 12.0 Å². The van der Waals surface area contributed by atoms with Crippen LogP contribution in [0.3, 0.4) is 0 Å². The molecular formula is C17H21ClN4O. The highest BCUT2D eigenvalue weighted by atomic mass is 35.5. The molecule has 0 radical (unpaired) electrons. The Labute approximate surface area is 141 Å². The van der Waals surface area contributed by atoms with Gasteiger partial charge in [-0.05, 0) is 44.9 Å². The fraction of sp³-hybridized carbons (Fsp3) is 0.353. The van der Waals surface area contributed by atoms with E-state index in [2.05, 4.69) is 20.6 Å². The van der Waals surface area contributed by atoms with E-state index >= 15 is 0 Å². The molecule has 1 aromatic carbocycles. The van der Waals surface area contributed by atoms with Gasteiger partial charge in [0.05, 0.1) is 0 Å². The number of aromatic nitrogens is 2. The summed E-state index contributed by atoms with van der Waals surface area (Å²) >= 11 is 5.85. The normalized spacial score (nSPS) is 10.7. The van der Waals surface area contributed by atoms with Crippen molar-refractivity contribution in [1.29, 1.82) is 0 Å². The smallest absolute Gasteiger partial charge is 0.270 e. The third-order valence-electron chi connectivity index (χ3n) is 3.12. The molecule has 0 aliphatic carbocycles. The van der Waals surface area contributed by atoms with Gasteiger partial charge in [-0.25, -0.2) is 9.97 Å². The molecular weight excluding hydrogens is 312 g/mol. The van der Waals surface area contributed by atoms with E-state index in [1.807, 2.05) is 38.1 Å². The van der Waals surface area contributed by atoms with Crippen LogP contribution in [0.5, 0.6) is 0 Å². The van der Waals surface area contributed by atoms with E-state index in [1.54, 1.807) is 13.0 Å². The molecule has 23 heavy (non-hydrogen) atoms. The van der Waals surface area contributed by atoms with Crippen molar-refractivity contribution in [3.8, 4) is 0 Å². The summed E-state index contributed by atoms with van der Waals surface area (Å²) in [5.74, 6) is 1.03. The van der Waals surface area contributed by atoms with Crippen molar-refractivity contribution < 1.29 is 4.79 Å². The predicted octanol–water partition coefficient (Wildman–Crippen LogP) is 3.23. The van der Waals surface area contributed by atoms with Crippen molar-refractivity contribution in [2.24, 2.45) is 0 Å². The Morgan fingerprint density at radius 3 is 2.57 bits per heavy atom. The molecule has 0 aliphatic rings. The van der Waals surface area contributed by atoms with Crippen molar-refractivity contribution in [2.45, 2.75) is 33.2 Å². The van der Waals surface area contributed by atoms with Gasteiger partial charge in [-0.3, -0.25) is 4.79 Å². The minimum Gasteiger partial charge on any atom is -0.368 e. The number of carbonyl (C=O) groups excluding carboxylic acids is 1. The molecule has 0 saturated heterocycles. The largest absolute Gasteiger partial charge is 0.368 e. The van der Waals surface area contributed by atoms with E-state index in [-0.39, 0.29) is 11.9 Å². The fourth-order valence-corrected chi connectivity index (χ4v) is 2.24. The second-order valence-electron chi connectivity index (χ2n) is 5.62. The van der Waals surface area contributed by atoms with Crippen LogP contribution in [0.1, 0.15) is 35.7 Å². The zero-order valence-electron chi connectivity index (χ0n) is 13.6. The van der Waals surface area contributed by atoms with Crippen LogP contribution in [0.2, 0.25) is 5.02 Å². The molecule has 0 fully saturated rings. The van der Waals surface area contributed by atoms with Gasteiger partial charge >= 0.3 is 0 Å². The number of nitrogens with zero attached hydrogens (tertiary/aromatic N) is 2. The first-order valence-corrected chi connectivity index (χ1v) is 7.96. The van der Waals surface area contributed by atoms with Gasteiger partial charge in [-0.2, -0.15) is 0 Å². The zero-order valence-corrected chi connectivity index (χ0v) is 14.3. The highest BCUT2D eigenvalue weighted by Gasteiger charge is 2.10. The molecule has 2 aromatic rings. The van der Waals surface area contributed by atoms with E-state index in [9.17, 15) is 4.79 Å². The number of hydrogen-bond donors (Lipinski definition) is 2. The Morgan fingerprint density at radius 1 is 1.22 bits per heavy atom. The van der Waals surface area contributed by atoms with Gasteiger partial charge in [-0.15, -0.1) is 0 Å². The molecule has 0 saturated carbocycles. The highest BCUT2D eigenvalue weighted by Crippen LogP contribution is 2.10. The molecule has 0 unspecified atom stereocenters. The molecule has 2 N–H and O–H groups in total. The number of anilines is 1. The van der Waals surface area contributed by atoms with E-state index in [1.165, 1.54) is 0 Å². The standard InChI is InChI=1S/C17H21ClN4O/c1-11(2)20-16-10-15(21-12(3)22-16)17(23)19-9-8-13-4-6-14(18)7-5-13/h4-7,10-11H,8-9H2,1-3H3,(H,19,23)(H,20,21,22). The van der Waals surface area contributed by atoms with Crippen LogP contribution in [-0.2, 0) is 6.42 Å². The zero-order chi connectivity index (χ0) is 16.8. The third-order valence-corrected chi connectivity index (χ3v) is 3.37. The van der Waals surface area contributed by atoms with Gasteiger partial charge in [-0.1, -0.05) is 23.7 Å². The summed E-state index contributed by atoms with van der Waals surface area (Å²) in [5.41, 5.74) is 1.49. The first-order chi connectivity index (χ1) is 10.9. The summed E-state index contributed by atoms with van der Waals surface area (Å²) in [5, 5.41) is 6.77. The first-order valence-electron chi connectivity index (χ1n) is 7.59. The van der Waals surface area contributed by atoms with Crippen LogP contribution in [-0.4, -0.2) is 28.5 Å². The SMILES string of the molecule is Cc1nc(NC(C)C)cc(C(=O)NCCc2ccc(Cl)cc2)n1. The Morgan fingerprint density at radius 2 is 1.91 bits per heavy atom. The van der Waals surface area contributed by atoms with Crippen LogP contribution in [0.15, 0.2) is 30.3 Å². The second-order valence-corrected chi connectivity index (χ2v) is 6.05. The average Bonchev–Trinajstić information content (AvgIpc) is 2.48. The number of amides is 1. The highest BCUT2D eigenvalue weighted by molar-refractivity contribution is 6.30. The molecule has 0 bridgehead atoms. The molecule has 6 heteroatoms. The Bertz CT molecular complexity index is 671. The molecule has 1 amide bonds. The lowest BCUT2D eigenvalue weighted by Gasteiger charge is -2.11. The van der Waals surface area contributed by atoms with Crippen molar-refractivity contribution in [2.75, 3.05) is 11.9 Å². The Balaban J connectivity index is 1.94. The maximum atomic E-state index is 12.2. The summed E-state index contributed by atoms with van der Waals surface area (Å²) in [6.45, 7) is 6.35. The number of nitrogens with one attached hydrogen (secondary N) is 2. The van der Waals surface area contributed by atoms with Crippen LogP contribution >= 0.6 is 11.6 Å². The molecule has 122 valence electrons. The summed E-state index contributed by atoms with van der Waals surface area (Å²) in [4.78, 5) is 20.7. The Hall–Kier alpha value is -2.14. The summed E-state index contributed by atoms with van der Waals surface area (Å²) in [6, 6.07) is 9.50. The monoisotopic (exact) mass is 332 g/mol. The Kier molecular flexibility index (Phi) is 5.93. The first kappa shape index (κ1) is 17.2. The molecule has 1 heterocycles. The third kappa shape index (κ3) is 5.53. The topological polar surface area (TPSA) is 66.9 Å². The number of carbonyl (C=O) groups is 1. The summed E-state index contributed by atoms with van der Waals surface area (Å²) in [7, 11) is 0.